The van der Waals surface area contributed by atoms with Gasteiger partial charge in [0.25, 0.3) is 5.91 Å². The van der Waals surface area contributed by atoms with Crippen LogP contribution in [0.3, 0.4) is 0 Å². The standard InChI is InChI=1S/C19H11F3N6O/c20-16-10(7-23)2-1-3-13(16)18(29)25-12-4-5-15-14(6-12)17(27-26-15)11-8-24-28(9-11)19(21)22/h1-6,8-9,19H,(H,25,29)(H,26,27). The molecule has 0 radical (unpaired) electrons. The van der Waals surface area contributed by atoms with Gasteiger partial charge in [-0.05, 0) is 30.3 Å². The van der Waals surface area contributed by atoms with E-state index < -0.39 is 18.3 Å². The molecule has 4 rings (SSSR count). The number of fused-ring (bicyclic) bond motifs is 1. The van der Waals surface area contributed by atoms with E-state index in [0.29, 0.717) is 32.5 Å². The second-order valence-electron chi connectivity index (χ2n) is 6.05. The number of H-pyrrole nitrogens is 1. The number of rotatable bonds is 4. The van der Waals surface area contributed by atoms with Crippen LogP contribution in [0.15, 0.2) is 48.8 Å². The van der Waals surface area contributed by atoms with Crippen LogP contribution in [0.2, 0.25) is 0 Å². The van der Waals surface area contributed by atoms with Gasteiger partial charge in [0.15, 0.2) is 5.82 Å². The van der Waals surface area contributed by atoms with Crippen molar-refractivity contribution in [2.75, 3.05) is 5.32 Å². The Balaban J connectivity index is 1.67. The zero-order chi connectivity index (χ0) is 20.5. The number of aromatic nitrogens is 4. The number of benzene rings is 2. The lowest BCUT2D eigenvalue weighted by Crippen LogP contribution is -2.14. The number of nitrogens with zero attached hydrogens (tertiary/aromatic N) is 4. The molecule has 0 fully saturated rings. The van der Waals surface area contributed by atoms with Crippen molar-refractivity contribution < 1.29 is 18.0 Å². The number of nitrogens with one attached hydrogen (secondary N) is 2. The molecule has 0 saturated carbocycles. The Hall–Kier alpha value is -4.13. The van der Waals surface area contributed by atoms with Gasteiger partial charge in [-0.25, -0.2) is 9.07 Å². The lowest BCUT2D eigenvalue weighted by Gasteiger charge is -2.07. The van der Waals surface area contributed by atoms with Crippen LogP contribution in [-0.4, -0.2) is 25.9 Å². The topological polar surface area (TPSA) is 99.4 Å². The number of hydrogen-bond donors (Lipinski definition) is 2. The highest BCUT2D eigenvalue weighted by Crippen LogP contribution is 2.29. The van der Waals surface area contributed by atoms with Crippen LogP contribution in [0.1, 0.15) is 22.5 Å². The van der Waals surface area contributed by atoms with Gasteiger partial charge in [0.1, 0.15) is 11.8 Å². The van der Waals surface area contributed by atoms with E-state index in [-0.39, 0.29) is 11.1 Å². The maximum absolute atomic E-state index is 14.2. The van der Waals surface area contributed by atoms with Gasteiger partial charge >= 0.3 is 6.55 Å². The Morgan fingerprint density at radius 1 is 1.28 bits per heavy atom. The third-order valence-electron chi connectivity index (χ3n) is 4.26. The fraction of sp³-hybridized carbons (Fsp3) is 0.0526. The molecule has 4 aromatic rings. The third-order valence-corrected chi connectivity index (χ3v) is 4.26. The first kappa shape index (κ1) is 18.2. The molecule has 29 heavy (non-hydrogen) atoms. The Morgan fingerprint density at radius 3 is 2.83 bits per heavy atom. The van der Waals surface area contributed by atoms with E-state index in [9.17, 15) is 18.0 Å². The van der Waals surface area contributed by atoms with Crippen LogP contribution in [-0.2, 0) is 0 Å². The lowest BCUT2D eigenvalue weighted by atomic mass is 10.1. The van der Waals surface area contributed by atoms with Crippen molar-refractivity contribution in [1.29, 1.82) is 5.26 Å². The van der Waals surface area contributed by atoms with Crippen molar-refractivity contribution >= 4 is 22.5 Å². The number of carbonyl (C=O) groups excluding carboxylic acids is 1. The first-order valence-corrected chi connectivity index (χ1v) is 8.28. The number of halogens is 3. The summed E-state index contributed by atoms with van der Waals surface area (Å²) in [5.41, 5.74) is 1.19. The summed E-state index contributed by atoms with van der Waals surface area (Å²) in [7, 11) is 0. The summed E-state index contributed by atoms with van der Waals surface area (Å²) >= 11 is 0. The summed E-state index contributed by atoms with van der Waals surface area (Å²) in [6.45, 7) is -2.78. The average molecular weight is 396 g/mol. The molecular formula is C19H11F3N6O. The molecule has 2 heterocycles. The minimum atomic E-state index is -2.78. The molecule has 1 amide bonds. The highest BCUT2D eigenvalue weighted by Gasteiger charge is 2.17. The highest BCUT2D eigenvalue weighted by molar-refractivity contribution is 6.06. The number of amides is 1. The molecule has 0 atom stereocenters. The van der Waals surface area contributed by atoms with Gasteiger partial charge in [-0.3, -0.25) is 9.89 Å². The van der Waals surface area contributed by atoms with E-state index in [1.807, 2.05) is 0 Å². The Morgan fingerprint density at radius 2 is 2.10 bits per heavy atom. The predicted octanol–water partition coefficient (Wildman–Crippen LogP) is 4.08. The number of hydrogen-bond acceptors (Lipinski definition) is 4. The fourth-order valence-electron chi connectivity index (χ4n) is 2.87. The van der Waals surface area contributed by atoms with Gasteiger partial charge in [0, 0.05) is 22.8 Å². The maximum Gasteiger partial charge on any atom is 0.333 e. The number of anilines is 1. The van der Waals surface area contributed by atoms with Gasteiger partial charge < -0.3 is 5.32 Å². The molecule has 10 heteroatoms. The normalized spacial score (nSPS) is 11.0. The molecule has 0 aliphatic heterocycles. The third kappa shape index (κ3) is 3.29. The fourth-order valence-corrected chi connectivity index (χ4v) is 2.87. The second-order valence-corrected chi connectivity index (χ2v) is 6.05. The smallest absolute Gasteiger partial charge is 0.322 e. The quantitative estimate of drug-likeness (QED) is 0.543. The molecule has 2 aromatic carbocycles. The zero-order valence-electron chi connectivity index (χ0n) is 14.5. The summed E-state index contributed by atoms with van der Waals surface area (Å²) in [6, 6.07) is 10.4. The molecule has 2 N–H and O–H groups in total. The monoisotopic (exact) mass is 396 g/mol. The van der Waals surface area contributed by atoms with E-state index in [1.54, 1.807) is 24.3 Å². The highest BCUT2D eigenvalue weighted by atomic mass is 19.3. The van der Waals surface area contributed by atoms with Crippen LogP contribution in [0, 0.1) is 17.1 Å². The molecule has 0 bridgehead atoms. The Kier molecular flexibility index (Phi) is 4.48. The molecule has 7 nitrogen and oxygen atoms in total. The predicted molar refractivity (Wildman–Crippen MR) is 97.6 cm³/mol. The minimum Gasteiger partial charge on any atom is -0.322 e. The van der Waals surface area contributed by atoms with Crippen molar-refractivity contribution in [2.24, 2.45) is 0 Å². The van der Waals surface area contributed by atoms with Crippen molar-refractivity contribution in [3.05, 3.63) is 65.7 Å². The molecule has 0 unspecified atom stereocenters. The zero-order valence-corrected chi connectivity index (χ0v) is 14.5. The summed E-state index contributed by atoms with van der Waals surface area (Å²) in [5.74, 6) is -1.63. The number of alkyl halides is 2. The largest absolute Gasteiger partial charge is 0.333 e. The molecule has 144 valence electrons. The van der Waals surface area contributed by atoms with E-state index in [4.69, 9.17) is 5.26 Å². The average Bonchev–Trinajstić information content (AvgIpc) is 3.34. The van der Waals surface area contributed by atoms with Gasteiger partial charge in [-0.15, -0.1) is 0 Å². The second kappa shape index (κ2) is 7.12. The first-order valence-electron chi connectivity index (χ1n) is 8.28. The summed E-state index contributed by atoms with van der Waals surface area (Å²) in [4.78, 5) is 12.4. The molecule has 0 aliphatic carbocycles. The van der Waals surface area contributed by atoms with Crippen LogP contribution in [0.25, 0.3) is 22.2 Å². The first-order chi connectivity index (χ1) is 14.0. The van der Waals surface area contributed by atoms with E-state index in [1.165, 1.54) is 24.4 Å². The van der Waals surface area contributed by atoms with Crippen LogP contribution >= 0.6 is 0 Å². The van der Waals surface area contributed by atoms with Crippen LogP contribution < -0.4 is 5.32 Å². The Labute approximate surface area is 161 Å². The molecule has 2 aromatic heterocycles. The molecular weight excluding hydrogens is 385 g/mol. The SMILES string of the molecule is N#Cc1cccc(C(=O)Nc2ccc3[nH]nc(-c4cnn(C(F)F)c4)c3c2)c1F. The van der Waals surface area contributed by atoms with Gasteiger partial charge in [0.05, 0.1) is 22.8 Å². The van der Waals surface area contributed by atoms with Crippen molar-refractivity contribution in [2.45, 2.75) is 6.55 Å². The number of nitriles is 1. The minimum absolute atomic E-state index is 0.235. The van der Waals surface area contributed by atoms with Gasteiger partial charge in [0.2, 0.25) is 0 Å². The number of carbonyl (C=O) groups is 1. The van der Waals surface area contributed by atoms with Gasteiger partial charge in [-0.2, -0.15) is 24.2 Å². The Bertz CT molecular complexity index is 1270. The number of aromatic amines is 1. The van der Waals surface area contributed by atoms with Crippen LogP contribution in [0.5, 0.6) is 0 Å². The van der Waals surface area contributed by atoms with Crippen molar-refractivity contribution in [3.8, 4) is 17.3 Å². The van der Waals surface area contributed by atoms with Crippen LogP contribution in [0.4, 0.5) is 18.9 Å². The molecule has 0 saturated heterocycles. The summed E-state index contributed by atoms with van der Waals surface area (Å²) < 4.78 is 40.3. The molecule has 0 spiro atoms. The lowest BCUT2D eigenvalue weighted by molar-refractivity contribution is 0.0566. The van der Waals surface area contributed by atoms with E-state index in [2.05, 4.69) is 20.6 Å². The van der Waals surface area contributed by atoms with Gasteiger partial charge in [-0.1, -0.05) is 6.07 Å². The van der Waals surface area contributed by atoms with E-state index in [0.717, 1.165) is 6.20 Å². The van der Waals surface area contributed by atoms with Crippen molar-refractivity contribution in [3.63, 3.8) is 0 Å². The van der Waals surface area contributed by atoms with Crippen molar-refractivity contribution in [1.82, 2.24) is 20.0 Å². The summed E-state index contributed by atoms with van der Waals surface area (Å²) in [6.07, 6.45) is 2.42. The molecule has 0 aliphatic rings. The summed E-state index contributed by atoms with van der Waals surface area (Å²) in [5, 5.41) is 22.5. The van der Waals surface area contributed by atoms with E-state index >= 15 is 0 Å². The maximum atomic E-state index is 14.2.